The van der Waals surface area contributed by atoms with E-state index in [1.54, 1.807) is 0 Å². The van der Waals surface area contributed by atoms with Crippen LogP contribution in [0.3, 0.4) is 0 Å². The third-order valence-electron chi connectivity index (χ3n) is 2.89. The lowest BCUT2D eigenvalue weighted by Gasteiger charge is -2.19. The molecule has 0 radical (unpaired) electrons. The molecule has 0 bridgehead atoms. The zero-order valence-corrected chi connectivity index (χ0v) is 10.3. The summed E-state index contributed by atoms with van der Waals surface area (Å²) in [5.41, 5.74) is 1.80. The number of benzene rings is 1. The predicted molar refractivity (Wildman–Crippen MR) is 69.5 cm³/mol. The molecule has 1 N–H and O–H groups in total. The smallest absolute Gasteiger partial charge is 0.328 e. The maximum absolute atomic E-state index is 10.4. The van der Waals surface area contributed by atoms with E-state index in [0.717, 1.165) is 17.3 Å². The van der Waals surface area contributed by atoms with E-state index in [0.29, 0.717) is 11.1 Å². The summed E-state index contributed by atoms with van der Waals surface area (Å²) in [4.78, 5) is 12.6. The van der Waals surface area contributed by atoms with Crippen molar-refractivity contribution in [1.82, 2.24) is 0 Å². The summed E-state index contributed by atoms with van der Waals surface area (Å²) in [5, 5.41) is 9.13. The van der Waals surface area contributed by atoms with Crippen molar-refractivity contribution in [3.63, 3.8) is 0 Å². The maximum Gasteiger partial charge on any atom is 0.328 e. The van der Waals surface area contributed by atoms with Crippen LogP contribution in [0.15, 0.2) is 24.3 Å². The molecule has 1 aliphatic rings. The molecule has 0 heterocycles. The van der Waals surface area contributed by atoms with Crippen LogP contribution in [0.2, 0.25) is 5.02 Å². The Morgan fingerprint density at radius 3 is 2.76 bits per heavy atom. The summed E-state index contributed by atoms with van der Waals surface area (Å²) in [6, 6.07) is 6.31. The van der Waals surface area contributed by atoms with Crippen LogP contribution in [-0.4, -0.2) is 24.2 Å². The van der Waals surface area contributed by atoms with Gasteiger partial charge < -0.3 is 10.0 Å². The molecule has 1 aliphatic carbocycles. The summed E-state index contributed by atoms with van der Waals surface area (Å²) in [6.45, 7) is 0. The molecular formula is C13H14ClNO2. The molecule has 17 heavy (non-hydrogen) atoms. The Hall–Kier alpha value is -1.48. The minimum Gasteiger partial charge on any atom is -0.478 e. The average Bonchev–Trinajstić information content (AvgIpc) is 3.10. The van der Waals surface area contributed by atoms with Gasteiger partial charge >= 0.3 is 5.97 Å². The number of halogens is 1. The number of carboxylic acid groups (broad SMARTS) is 1. The van der Waals surface area contributed by atoms with Crippen LogP contribution in [0.5, 0.6) is 0 Å². The van der Waals surface area contributed by atoms with Crippen LogP contribution in [0.4, 0.5) is 5.69 Å². The van der Waals surface area contributed by atoms with Crippen LogP contribution in [0, 0.1) is 0 Å². The largest absolute Gasteiger partial charge is 0.478 e. The van der Waals surface area contributed by atoms with Crippen molar-refractivity contribution in [2.45, 2.75) is 18.9 Å². The van der Waals surface area contributed by atoms with Gasteiger partial charge in [-0.05, 0) is 36.6 Å². The summed E-state index contributed by atoms with van der Waals surface area (Å²) in [7, 11) is 2.05. The first-order valence-electron chi connectivity index (χ1n) is 5.51. The van der Waals surface area contributed by atoms with Crippen LogP contribution in [0.1, 0.15) is 18.4 Å². The number of carboxylic acids is 1. The fourth-order valence-electron chi connectivity index (χ4n) is 1.70. The molecule has 0 unspecified atom stereocenters. The molecule has 1 aromatic rings. The number of aliphatic carboxylic acids is 1. The Balaban J connectivity index is 2.18. The highest BCUT2D eigenvalue weighted by Gasteiger charge is 2.26. The number of rotatable bonds is 4. The summed E-state index contributed by atoms with van der Waals surface area (Å²) >= 11 is 6.11. The summed E-state index contributed by atoms with van der Waals surface area (Å²) < 4.78 is 0. The van der Waals surface area contributed by atoms with Crippen molar-refractivity contribution in [2.24, 2.45) is 0 Å². The van der Waals surface area contributed by atoms with E-state index in [2.05, 4.69) is 11.9 Å². The first kappa shape index (κ1) is 12.0. The molecule has 0 atom stereocenters. The molecule has 0 amide bonds. The molecule has 4 heteroatoms. The number of anilines is 1. The Morgan fingerprint density at radius 1 is 1.53 bits per heavy atom. The minimum atomic E-state index is -0.972. The second-order valence-electron chi connectivity index (χ2n) is 4.22. The van der Waals surface area contributed by atoms with E-state index in [1.165, 1.54) is 18.9 Å². The van der Waals surface area contributed by atoms with Crippen molar-refractivity contribution in [3.05, 3.63) is 34.9 Å². The second kappa shape index (κ2) is 4.80. The molecular weight excluding hydrogens is 238 g/mol. The van der Waals surface area contributed by atoms with Gasteiger partial charge in [0.05, 0.1) is 0 Å². The molecule has 1 fully saturated rings. The number of hydrogen-bond donors (Lipinski definition) is 1. The van der Waals surface area contributed by atoms with E-state index in [1.807, 2.05) is 18.2 Å². The van der Waals surface area contributed by atoms with E-state index < -0.39 is 5.97 Å². The zero-order valence-electron chi connectivity index (χ0n) is 9.56. The third-order valence-corrected chi connectivity index (χ3v) is 3.22. The van der Waals surface area contributed by atoms with E-state index >= 15 is 0 Å². The molecule has 1 saturated carbocycles. The van der Waals surface area contributed by atoms with Gasteiger partial charge in [-0.1, -0.05) is 17.7 Å². The number of nitrogens with zero attached hydrogens (tertiary/aromatic N) is 1. The van der Waals surface area contributed by atoms with Gasteiger partial charge in [0, 0.05) is 29.9 Å². The van der Waals surface area contributed by atoms with Crippen molar-refractivity contribution in [2.75, 3.05) is 11.9 Å². The highest BCUT2D eigenvalue weighted by atomic mass is 35.5. The molecule has 2 rings (SSSR count). The van der Waals surface area contributed by atoms with Gasteiger partial charge in [-0.3, -0.25) is 0 Å². The van der Waals surface area contributed by atoms with Gasteiger partial charge in [0.25, 0.3) is 0 Å². The monoisotopic (exact) mass is 251 g/mol. The van der Waals surface area contributed by atoms with Crippen molar-refractivity contribution in [1.29, 1.82) is 0 Å². The van der Waals surface area contributed by atoms with E-state index in [9.17, 15) is 4.79 Å². The Labute approximate surface area is 105 Å². The molecule has 3 nitrogen and oxygen atoms in total. The number of carbonyl (C=O) groups is 1. The lowest BCUT2D eigenvalue weighted by atomic mass is 10.2. The molecule has 90 valence electrons. The van der Waals surface area contributed by atoms with Gasteiger partial charge in [-0.25, -0.2) is 4.79 Å². The van der Waals surface area contributed by atoms with Crippen LogP contribution < -0.4 is 4.90 Å². The SMILES string of the molecule is CN(c1ccc(/C=C/C(=O)O)c(Cl)c1)C1CC1. The van der Waals surface area contributed by atoms with Crippen molar-refractivity contribution < 1.29 is 9.90 Å². The van der Waals surface area contributed by atoms with E-state index in [-0.39, 0.29) is 0 Å². The minimum absolute atomic E-state index is 0.576. The van der Waals surface area contributed by atoms with E-state index in [4.69, 9.17) is 16.7 Å². The topological polar surface area (TPSA) is 40.5 Å². The Morgan fingerprint density at radius 2 is 2.24 bits per heavy atom. The molecule has 1 aromatic carbocycles. The second-order valence-corrected chi connectivity index (χ2v) is 4.63. The molecule has 0 saturated heterocycles. The molecule has 0 spiro atoms. The zero-order chi connectivity index (χ0) is 12.4. The summed E-state index contributed by atoms with van der Waals surface area (Å²) in [5.74, 6) is -0.972. The fraction of sp³-hybridized carbons (Fsp3) is 0.308. The van der Waals surface area contributed by atoms with Crippen molar-refractivity contribution >= 4 is 29.3 Å². The van der Waals surface area contributed by atoms with Crippen LogP contribution in [-0.2, 0) is 4.79 Å². The van der Waals surface area contributed by atoms with Gasteiger partial charge in [0.1, 0.15) is 0 Å². The maximum atomic E-state index is 10.4. The lowest BCUT2D eigenvalue weighted by molar-refractivity contribution is -0.131. The van der Waals surface area contributed by atoms with Gasteiger partial charge in [0.15, 0.2) is 0 Å². The van der Waals surface area contributed by atoms with Crippen LogP contribution >= 0.6 is 11.6 Å². The quantitative estimate of drug-likeness (QED) is 0.837. The van der Waals surface area contributed by atoms with Crippen LogP contribution in [0.25, 0.3) is 6.08 Å². The Kier molecular flexibility index (Phi) is 3.38. The Bertz CT molecular complexity index is 466. The predicted octanol–water partition coefficient (Wildman–Crippen LogP) is 3.04. The third kappa shape index (κ3) is 3.01. The van der Waals surface area contributed by atoms with Gasteiger partial charge in [-0.15, -0.1) is 0 Å². The normalized spacial score (nSPS) is 15.2. The summed E-state index contributed by atoms with van der Waals surface area (Å²) in [6.07, 6.45) is 5.06. The first-order valence-corrected chi connectivity index (χ1v) is 5.89. The highest BCUT2D eigenvalue weighted by molar-refractivity contribution is 6.32. The lowest BCUT2D eigenvalue weighted by Crippen LogP contribution is -2.19. The molecule has 0 aromatic heterocycles. The standard InChI is InChI=1S/C13H14ClNO2/c1-15(10-5-6-10)11-4-2-9(12(14)8-11)3-7-13(16)17/h2-4,7-8,10H,5-6H2,1H3,(H,16,17)/b7-3+. The van der Waals surface area contributed by atoms with Gasteiger partial charge in [0.2, 0.25) is 0 Å². The first-order chi connectivity index (χ1) is 8.08. The fourth-order valence-corrected chi connectivity index (χ4v) is 1.94. The molecule has 0 aliphatic heterocycles. The highest BCUT2D eigenvalue weighted by Crippen LogP contribution is 2.32. The number of hydrogen-bond acceptors (Lipinski definition) is 2. The van der Waals surface area contributed by atoms with Gasteiger partial charge in [-0.2, -0.15) is 0 Å². The average molecular weight is 252 g/mol. The van der Waals surface area contributed by atoms with Crippen molar-refractivity contribution in [3.8, 4) is 0 Å².